The fraction of sp³-hybridized carbons (Fsp3) is 0.364. The van der Waals surface area contributed by atoms with Crippen LogP contribution in [0.2, 0.25) is 0 Å². The monoisotopic (exact) mass is 349 g/mol. The molecule has 134 valence electrons. The summed E-state index contributed by atoms with van der Waals surface area (Å²) in [6.07, 6.45) is 0.638. The van der Waals surface area contributed by atoms with Gasteiger partial charge in [0, 0.05) is 19.0 Å². The third-order valence-electron chi connectivity index (χ3n) is 5.63. The quantitative estimate of drug-likeness (QED) is 0.890. The Morgan fingerprint density at radius 1 is 1.19 bits per heavy atom. The van der Waals surface area contributed by atoms with Gasteiger partial charge in [-0.05, 0) is 40.7 Å². The van der Waals surface area contributed by atoms with E-state index in [0.717, 1.165) is 22.3 Å². The van der Waals surface area contributed by atoms with E-state index in [1.165, 1.54) is 0 Å². The zero-order valence-corrected chi connectivity index (χ0v) is 15.4. The molecule has 1 amide bonds. The van der Waals surface area contributed by atoms with Crippen LogP contribution in [0.4, 0.5) is 0 Å². The topological polar surface area (TPSA) is 57.6 Å². The summed E-state index contributed by atoms with van der Waals surface area (Å²) < 4.78 is 0. The van der Waals surface area contributed by atoms with Crippen molar-refractivity contribution in [2.45, 2.75) is 46.2 Å². The standard InChI is InChI=1S/C22H23NO3/c1-12(2)16-9-18(21(25)19-17(16)8-13(3)20(19)24)22(26)23-10-14-6-4-5-7-15(14)11-23/h4-7,9,12-13,25H,8,10-11H2,1-3H3. The molecule has 0 spiro atoms. The predicted octanol–water partition coefficient (Wildman–Crippen LogP) is 4.05. The molecule has 1 aliphatic carbocycles. The van der Waals surface area contributed by atoms with Gasteiger partial charge < -0.3 is 10.0 Å². The molecule has 4 nitrogen and oxygen atoms in total. The van der Waals surface area contributed by atoms with E-state index in [1.54, 1.807) is 11.0 Å². The molecule has 0 saturated carbocycles. The maximum Gasteiger partial charge on any atom is 0.258 e. The summed E-state index contributed by atoms with van der Waals surface area (Å²) in [6.45, 7) is 7.06. The minimum absolute atomic E-state index is 0.0567. The van der Waals surface area contributed by atoms with Gasteiger partial charge in [-0.2, -0.15) is 0 Å². The zero-order chi connectivity index (χ0) is 18.6. The normalized spacial score (nSPS) is 18.4. The second kappa shape index (κ2) is 5.97. The van der Waals surface area contributed by atoms with E-state index in [9.17, 15) is 14.7 Å². The summed E-state index contributed by atoms with van der Waals surface area (Å²) in [5.74, 6) is -0.367. The molecule has 4 rings (SSSR count). The molecule has 2 aromatic carbocycles. The number of ketones is 1. The molecule has 0 radical (unpaired) electrons. The van der Waals surface area contributed by atoms with Crippen molar-refractivity contribution in [3.05, 3.63) is 63.7 Å². The Labute approximate surface area is 153 Å². The molecule has 1 unspecified atom stereocenters. The van der Waals surface area contributed by atoms with E-state index >= 15 is 0 Å². The summed E-state index contributed by atoms with van der Waals surface area (Å²) in [4.78, 5) is 27.5. The number of aromatic hydroxyl groups is 1. The number of phenols is 1. The Balaban J connectivity index is 1.77. The first-order chi connectivity index (χ1) is 12.4. The zero-order valence-electron chi connectivity index (χ0n) is 15.4. The minimum Gasteiger partial charge on any atom is -0.506 e. The number of phenolic OH excluding ortho intramolecular Hbond substituents is 1. The van der Waals surface area contributed by atoms with Crippen LogP contribution < -0.4 is 0 Å². The Morgan fingerprint density at radius 3 is 2.38 bits per heavy atom. The summed E-state index contributed by atoms with van der Waals surface area (Å²) in [5.41, 5.74) is 4.80. The molecule has 0 fully saturated rings. The molecule has 26 heavy (non-hydrogen) atoms. The largest absolute Gasteiger partial charge is 0.506 e. The number of hydrogen-bond acceptors (Lipinski definition) is 3. The van der Waals surface area contributed by atoms with E-state index in [0.29, 0.717) is 25.1 Å². The maximum absolute atomic E-state index is 13.2. The third-order valence-corrected chi connectivity index (χ3v) is 5.63. The minimum atomic E-state index is -0.212. The van der Waals surface area contributed by atoms with Gasteiger partial charge in [0.1, 0.15) is 5.75 Å². The van der Waals surface area contributed by atoms with E-state index in [4.69, 9.17) is 0 Å². The number of nitrogens with zero attached hydrogens (tertiary/aromatic N) is 1. The average molecular weight is 349 g/mol. The lowest BCUT2D eigenvalue weighted by molar-refractivity contribution is 0.0748. The van der Waals surface area contributed by atoms with Crippen molar-refractivity contribution >= 4 is 11.7 Å². The van der Waals surface area contributed by atoms with Crippen molar-refractivity contribution in [3.8, 4) is 5.75 Å². The molecule has 1 aliphatic heterocycles. The fourth-order valence-electron chi connectivity index (χ4n) is 4.19. The third kappa shape index (κ3) is 2.44. The molecule has 1 atom stereocenters. The Bertz CT molecular complexity index is 904. The maximum atomic E-state index is 13.2. The van der Waals surface area contributed by atoms with Crippen LogP contribution in [0.15, 0.2) is 30.3 Å². The number of benzene rings is 2. The van der Waals surface area contributed by atoms with Crippen molar-refractivity contribution in [2.24, 2.45) is 5.92 Å². The molecule has 2 aliphatic rings. The van der Waals surface area contributed by atoms with Gasteiger partial charge in [-0.25, -0.2) is 0 Å². The number of carbonyl (C=O) groups excluding carboxylic acids is 2. The van der Waals surface area contributed by atoms with Gasteiger partial charge >= 0.3 is 0 Å². The summed E-state index contributed by atoms with van der Waals surface area (Å²) >= 11 is 0. The highest BCUT2D eigenvalue weighted by Crippen LogP contribution is 2.41. The van der Waals surface area contributed by atoms with Gasteiger partial charge in [0.25, 0.3) is 5.91 Å². The first kappa shape index (κ1) is 16.8. The van der Waals surface area contributed by atoms with Crippen molar-refractivity contribution in [3.63, 3.8) is 0 Å². The number of Topliss-reactive ketones (excluding diaryl/α,β-unsaturated/α-hetero) is 1. The highest BCUT2D eigenvalue weighted by atomic mass is 16.3. The highest BCUT2D eigenvalue weighted by molar-refractivity contribution is 6.09. The first-order valence-corrected chi connectivity index (χ1v) is 9.17. The van der Waals surface area contributed by atoms with Gasteiger partial charge in [-0.15, -0.1) is 0 Å². The number of fused-ring (bicyclic) bond motifs is 2. The van der Waals surface area contributed by atoms with Crippen molar-refractivity contribution in [1.29, 1.82) is 0 Å². The van der Waals surface area contributed by atoms with Crippen LogP contribution in [0.25, 0.3) is 0 Å². The molecular weight excluding hydrogens is 326 g/mol. The SMILES string of the molecule is CC1Cc2c(C(C)C)cc(C(=O)N3Cc4ccccc4C3)c(O)c2C1=O. The Kier molecular flexibility index (Phi) is 3.87. The summed E-state index contributed by atoms with van der Waals surface area (Å²) in [5, 5.41) is 10.8. The van der Waals surface area contributed by atoms with E-state index in [1.807, 2.05) is 31.2 Å². The van der Waals surface area contributed by atoms with Gasteiger partial charge in [-0.1, -0.05) is 45.0 Å². The molecule has 2 aromatic rings. The van der Waals surface area contributed by atoms with Crippen LogP contribution in [0.5, 0.6) is 5.75 Å². The number of hydrogen-bond donors (Lipinski definition) is 1. The number of amides is 1. The van der Waals surface area contributed by atoms with Crippen LogP contribution in [0.1, 0.15) is 69.7 Å². The highest BCUT2D eigenvalue weighted by Gasteiger charge is 2.36. The lowest BCUT2D eigenvalue weighted by Gasteiger charge is -2.20. The van der Waals surface area contributed by atoms with Crippen LogP contribution >= 0.6 is 0 Å². The molecular formula is C22H23NO3. The van der Waals surface area contributed by atoms with Crippen LogP contribution in [0.3, 0.4) is 0 Å². The van der Waals surface area contributed by atoms with E-state index in [2.05, 4.69) is 13.8 Å². The molecule has 0 saturated heterocycles. The average Bonchev–Trinajstić information content (AvgIpc) is 3.16. The lowest BCUT2D eigenvalue weighted by Crippen LogP contribution is -2.26. The van der Waals surface area contributed by atoms with E-state index in [-0.39, 0.29) is 34.8 Å². The second-order valence-electron chi connectivity index (χ2n) is 7.77. The van der Waals surface area contributed by atoms with Gasteiger partial charge in [0.15, 0.2) is 5.78 Å². The smallest absolute Gasteiger partial charge is 0.258 e. The molecule has 0 aromatic heterocycles. The summed E-state index contributed by atoms with van der Waals surface area (Å²) in [7, 11) is 0. The molecule has 1 heterocycles. The summed E-state index contributed by atoms with van der Waals surface area (Å²) in [6, 6.07) is 9.79. The Morgan fingerprint density at radius 2 is 1.81 bits per heavy atom. The molecule has 4 heteroatoms. The van der Waals surface area contributed by atoms with Crippen LogP contribution in [0, 0.1) is 5.92 Å². The van der Waals surface area contributed by atoms with Crippen molar-refractivity contribution in [1.82, 2.24) is 4.90 Å². The fourth-order valence-corrected chi connectivity index (χ4v) is 4.19. The van der Waals surface area contributed by atoms with Crippen LogP contribution in [-0.2, 0) is 19.5 Å². The Hall–Kier alpha value is -2.62. The molecule has 1 N–H and O–H groups in total. The molecule has 0 bridgehead atoms. The predicted molar refractivity (Wildman–Crippen MR) is 99.4 cm³/mol. The lowest BCUT2D eigenvalue weighted by atomic mass is 9.91. The number of rotatable bonds is 2. The number of carbonyl (C=O) groups is 2. The van der Waals surface area contributed by atoms with Gasteiger partial charge in [-0.3, -0.25) is 9.59 Å². The van der Waals surface area contributed by atoms with Crippen LogP contribution in [-0.4, -0.2) is 21.7 Å². The van der Waals surface area contributed by atoms with Gasteiger partial charge in [0.2, 0.25) is 0 Å². The van der Waals surface area contributed by atoms with Gasteiger partial charge in [0.05, 0.1) is 11.1 Å². The first-order valence-electron chi connectivity index (χ1n) is 9.17. The second-order valence-corrected chi connectivity index (χ2v) is 7.77. The van der Waals surface area contributed by atoms with Crippen molar-refractivity contribution < 1.29 is 14.7 Å². The van der Waals surface area contributed by atoms with E-state index < -0.39 is 0 Å². The van der Waals surface area contributed by atoms with Crippen molar-refractivity contribution in [2.75, 3.05) is 0 Å².